The van der Waals surface area contributed by atoms with Crippen molar-refractivity contribution in [3.63, 3.8) is 0 Å². The van der Waals surface area contributed by atoms with Crippen LogP contribution in [-0.2, 0) is 0 Å². The van der Waals surface area contributed by atoms with Crippen LogP contribution < -0.4 is 0 Å². The number of rotatable bonds is 5. The second kappa shape index (κ2) is 10.0. The number of fused-ring (bicyclic) bond motifs is 5. The maximum absolute atomic E-state index is 10.3. The van der Waals surface area contributed by atoms with Gasteiger partial charge in [-0.15, -0.1) is 0 Å². The molecule has 4 aliphatic carbocycles. The Hall–Kier alpha value is -0.0800. The Morgan fingerprint density at radius 2 is 1.45 bits per heavy atom. The molecule has 0 spiro atoms. The van der Waals surface area contributed by atoms with Crippen LogP contribution in [0.2, 0.25) is 0 Å². The van der Waals surface area contributed by atoms with E-state index >= 15 is 0 Å². The topological polar surface area (TPSA) is 40.5 Å². The Kier molecular flexibility index (Phi) is 8.27. The maximum atomic E-state index is 10.3. The Labute approximate surface area is 194 Å². The fourth-order valence-corrected chi connectivity index (χ4v) is 9.18. The molecule has 2 N–H and O–H groups in total. The van der Waals surface area contributed by atoms with Crippen molar-refractivity contribution in [1.29, 1.82) is 0 Å². The van der Waals surface area contributed by atoms with Crippen LogP contribution in [0.3, 0.4) is 0 Å². The zero-order valence-corrected chi connectivity index (χ0v) is 21.9. The zero-order chi connectivity index (χ0) is 23.0. The first-order chi connectivity index (χ1) is 14.7. The van der Waals surface area contributed by atoms with Crippen LogP contribution in [0.5, 0.6) is 0 Å². The third-order valence-corrected chi connectivity index (χ3v) is 11.1. The molecule has 0 saturated heterocycles. The summed E-state index contributed by atoms with van der Waals surface area (Å²) in [5.74, 6) is 5.51. The van der Waals surface area contributed by atoms with Gasteiger partial charge >= 0.3 is 0 Å². The fraction of sp³-hybridized carbons (Fsp3) is 1.00. The van der Waals surface area contributed by atoms with E-state index in [2.05, 4.69) is 34.6 Å². The molecule has 2 nitrogen and oxygen atoms in total. The Balaban J connectivity index is 0.00000132. The number of hydrogen-bond acceptors (Lipinski definition) is 2. The van der Waals surface area contributed by atoms with E-state index in [9.17, 15) is 10.2 Å². The summed E-state index contributed by atoms with van der Waals surface area (Å²) in [6.07, 6.45) is 13.9. The van der Waals surface area contributed by atoms with Crippen LogP contribution in [0, 0.1) is 52.3 Å². The van der Waals surface area contributed by atoms with Crippen LogP contribution in [0.4, 0.5) is 0 Å². The van der Waals surface area contributed by atoms with Crippen LogP contribution in [0.15, 0.2) is 0 Å². The van der Waals surface area contributed by atoms with Gasteiger partial charge in [0.15, 0.2) is 0 Å². The Morgan fingerprint density at radius 3 is 2.13 bits per heavy atom. The second-order valence-electron chi connectivity index (χ2n) is 12.7. The van der Waals surface area contributed by atoms with Crippen molar-refractivity contribution in [3.8, 4) is 0 Å². The molecule has 10 atom stereocenters. The predicted octanol–water partition coefficient (Wildman–Crippen LogP) is 7.47. The second-order valence-corrected chi connectivity index (χ2v) is 12.7. The lowest BCUT2D eigenvalue weighted by molar-refractivity contribution is -0.129. The summed E-state index contributed by atoms with van der Waals surface area (Å²) in [4.78, 5) is 0. The van der Waals surface area contributed by atoms with Gasteiger partial charge in [-0.25, -0.2) is 0 Å². The molecule has 4 rings (SSSR count). The van der Waals surface area contributed by atoms with E-state index in [0.717, 1.165) is 54.8 Å². The third kappa shape index (κ3) is 4.64. The molecule has 4 aliphatic rings. The van der Waals surface area contributed by atoms with Crippen LogP contribution in [0.1, 0.15) is 119 Å². The molecule has 0 aromatic carbocycles. The summed E-state index contributed by atoms with van der Waals surface area (Å²) in [7, 11) is 0. The molecule has 0 radical (unpaired) electrons. The first-order valence-corrected chi connectivity index (χ1v) is 14.0. The van der Waals surface area contributed by atoms with Gasteiger partial charge < -0.3 is 10.2 Å². The number of aliphatic hydroxyl groups is 2. The lowest BCUT2D eigenvalue weighted by Gasteiger charge is -2.61. The standard InChI is InChI=1S/C27H48O2.C2H6/c1-17(2)25(29)11-6-18(3)22-9-10-23-21-8-7-19-16-20(28)12-14-26(19,4)24(21)13-15-27(22,23)5;1-2/h17-25,28-29H,6-16H2,1-5H3;1-2H3/t18-,19?,20?,21?,22?,23?,24?,25?,26?,27?;/m1./s1. The van der Waals surface area contributed by atoms with Crippen molar-refractivity contribution in [1.82, 2.24) is 0 Å². The highest BCUT2D eigenvalue weighted by Gasteiger charge is 2.60. The highest BCUT2D eigenvalue weighted by atomic mass is 16.3. The molecule has 4 fully saturated rings. The van der Waals surface area contributed by atoms with E-state index in [0.29, 0.717) is 16.7 Å². The highest BCUT2D eigenvalue weighted by molar-refractivity contribution is 5.09. The lowest BCUT2D eigenvalue weighted by Crippen LogP contribution is -2.54. The molecule has 0 bridgehead atoms. The van der Waals surface area contributed by atoms with Gasteiger partial charge in [0.1, 0.15) is 0 Å². The van der Waals surface area contributed by atoms with E-state index in [1.807, 2.05) is 13.8 Å². The summed E-state index contributed by atoms with van der Waals surface area (Å²) in [5, 5.41) is 20.6. The lowest BCUT2D eigenvalue weighted by atomic mass is 9.44. The number of hydrogen-bond donors (Lipinski definition) is 2. The van der Waals surface area contributed by atoms with Gasteiger partial charge in [0, 0.05) is 0 Å². The largest absolute Gasteiger partial charge is 0.393 e. The van der Waals surface area contributed by atoms with Gasteiger partial charge in [0.2, 0.25) is 0 Å². The van der Waals surface area contributed by atoms with Gasteiger partial charge in [0.05, 0.1) is 12.2 Å². The molecule has 0 aliphatic heterocycles. The normalized spacial score (nSPS) is 46.3. The average Bonchev–Trinajstić information content (AvgIpc) is 3.11. The van der Waals surface area contributed by atoms with Gasteiger partial charge in [-0.1, -0.05) is 48.5 Å². The molecule has 0 aromatic rings. The van der Waals surface area contributed by atoms with Gasteiger partial charge in [0.25, 0.3) is 0 Å². The van der Waals surface area contributed by atoms with E-state index in [-0.39, 0.29) is 12.2 Å². The molecule has 4 saturated carbocycles. The van der Waals surface area contributed by atoms with Gasteiger partial charge in [-0.3, -0.25) is 0 Å². The maximum Gasteiger partial charge on any atom is 0.0563 e. The van der Waals surface area contributed by atoms with Crippen molar-refractivity contribution in [2.24, 2.45) is 52.3 Å². The van der Waals surface area contributed by atoms with Crippen LogP contribution >= 0.6 is 0 Å². The predicted molar refractivity (Wildman–Crippen MR) is 132 cm³/mol. The monoisotopic (exact) mass is 434 g/mol. The minimum absolute atomic E-state index is 0.0311. The molecule has 31 heavy (non-hydrogen) atoms. The van der Waals surface area contributed by atoms with E-state index in [1.165, 1.54) is 51.4 Å². The van der Waals surface area contributed by atoms with E-state index in [1.54, 1.807) is 0 Å². The number of aliphatic hydroxyl groups excluding tert-OH is 2. The Morgan fingerprint density at radius 1 is 0.806 bits per heavy atom. The molecule has 0 amide bonds. The fourth-order valence-electron chi connectivity index (χ4n) is 9.18. The summed E-state index contributed by atoms with van der Waals surface area (Å²) in [5.41, 5.74) is 1.02. The molecule has 0 heterocycles. The molecule has 182 valence electrons. The average molecular weight is 435 g/mol. The van der Waals surface area contributed by atoms with Gasteiger partial charge in [-0.2, -0.15) is 0 Å². The summed E-state index contributed by atoms with van der Waals surface area (Å²) in [6, 6.07) is 0. The summed E-state index contributed by atoms with van der Waals surface area (Å²) < 4.78 is 0. The van der Waals surface area contributed by atoms with E-state index in [4.69, 9.17) is 0 Å². The summed E-state index contributed by atoms with van der Waals surface area (Å²) >= 11 is 0. The first-order valence-electron chi connectivity index (χ1n) is 14.0. The van der Waals surface area contributed by atoms with Gasteiger partial charge in [-0.05, 0) is 123 Å². The smallest absolute Gasteiger partial charge is 0.0563 e. The van der Waals surface area contributed by atoms with E-state index < -0.39 is 0 Å². The van der Waals surface area contributed by atoms with Crippen molar-refractivity contribution in [3.05, 3.63) is 0 Å². The SMILES string of the molecule is CC.CC(C)C(O)CC[C@@H](C)C1CCC2C3CCC4CC(O)CCC4(C)C3CCC21C. The van der Waals surface area contributed by atoms with Crippen molar-refractivity contribution >= 4 is 0 Å². The molecular formula is C29H54O2. The quantitative estimate of drug-likeness (QED) is 0.471. The first kappa shape index (κ1) is 25.5. The molecule has 2 heteroatoms. The highest BCUT2D eigenvalue weighted by Crippen LogP contribution is 2.68. The minimum atomic E-state index is -0.130. The van der Waals surface area contributed by atoms with Crippen molar-refractivity contribution < 1.29 is 10.2 Å². The van der Waals surface area contributed by atoms with Crippen molar-refractivity contribution in [2.45, 2.75) is 131 Å². The minimum Gasteiger partial charge on any atom is -0.393 e. The zero-order valence-electron chi connectivity index (χ0n) is 21.9. The van der Waals surface area contributed by atoms with Crippen molar-refractivity contribution in [2.75, 3.05) is 0 Å². The van der Waals surface area contributed by atoms with Crippen LogP contribution in [-0.4, -0.2) is 22.4 Å². The molecular weight excluding hydrogens is 380 g/mol. The Bertz CT molecular complexity index is 573. The third-order valence-electron chi connectivity index (χ3n) is 11.1. The van der Waals surface area contributed by atoms with Crippen LogP contribution in [0.25, 0.3) is 0 Å². The molecule has 9 unspecified atom stereocenters. The summed E-state index contributed by atoms with van der Waals surface area (Å²) in [6.45, 7) is 16.0. The molecule has 0 aromatic heterocycles.